The molecule has 0 radical (unpaired) electrons. The number of aliphatic hydroxyl groups is 2. The van der Waals surface area contributed by atoms with Crippen LogP contribution in [0.4, 0.5) is 0 Å². The van der Waals surface area contributed by atoms with Gasteiger partial charge in [0.05, 0.1) is 12.2 Å². The molecule has 0 unspecified atom stereocenters. The zero-order chi connectivity index (χ0) is 7.98. The number of aliphatic hydroxyl groups excluding tert-OH is 2. The van der Waals surface area contributed by atoms with Crippen LogP contribution in [0.3, 0.4) is 0 Å². The van der Waals surface area contributed by atoms with Gasteiger partial charge in [-0.1, -0.05) is 26.7 Å². The van der Waals surface area contributed by atoms with E-state index in [4.69, 9.17) is 5.11 Å². The van der Waals surface area contributed by atoms with E-state index in [0.717, 1.165) is 19.3 Å². The van der Waals surface area contributed by atoms with Crippen molar-refractivity contribution < 1.29 is 10.2 Å². The molecule has 2 N–H and O–H groups in total. The minimum atomic E-state index is -0.522. The van der Waals surface area contributed by atoms with Crippen molar-refractivity contribution in [2.45, 2.75) is 51.7 Å². The van der Waals surface area contributed by atoms with Crippen LogP contribution in [0.5, 0.6) is 0 Å². The van der Waals surface area contributed by atoms with Crippen LogP contribution in [0.15, 0.2) is 0 Å². The van der Waals surface area contributed by atoms with Crippen molar-refractivity contribution in [1.29, 1.82) is 0 Å². The maximum Gasteiger partial charge on any atom is 0.0799 e. The van der Waals surface area contributed by atoms with E-state index in [1.165, 1.54) is 0 Å². The molecule has 0 heterocycles. The van der Waals surface area contributed by atoms with Crippen LogP contribution >= 0.6 is 0 Å². The van der Waals surface area contributed by atoms with E-state index in [-0.39, 0.29) is 0 Å². The van der Waals surface area contributed by atoms with Crippen molar-refractivity contribution in [3.05, 3.63) is 0 Å². The van der Waals surface area contributed by atoms with Crippen LogP contribution < -0.4 is 0 Å². The normalized spacial score (nSPS) is 16.8. The second-order valence-electron chi connectivity index (χ2n) is 2.69. The molecule has 0 saturated heterocycles. The van der Waals surface area contributed by atoms with Crippen molar-refractivity contribution in [3.63, 3.8) is 0 Å². The molecule has 2 atom stereocenters. The maximum absolute atomic E-state index is 9.20. The molecule has 0 fully saturated rings. The first-order valence-corrected chi connectivity index (χ1v) is 4.08. The molecule has 0 aromatic heterocycles. The van der Waals surface area contributed by atoms with Crippen LogP contribution in [0.2, 0.25) is 0 Å². The predicted octanol–water partition coefficient (Wildman–Crippen LogP) is 1.31. The Morgan fingerprint density at radius 3 is 2.10 bits per heavy atom. The molecule has 0 aromatic carbocycles. The molecule has 2 heteroatoms. The zero-order valence-electron chi connectivity index (χ0n) is 6.88. The lowest BCUT2D eigenvalue weighted by Crippen LogP contribution is -2.24. The first kappa shape index (κ1) is 9.92. The Hall–Kier alpha value is -0.0800. The Kier molecular flexibility index (Phi) is 5.64. The summed E-state index contributed by atoms with van der Waals surface area (Å²) in [5.74, 6) is 0. The standard InChI is InChI=1S/C8H18O2/c1-3-5-6-8(10)7(9)4-2/h7-10H,3-6H2,1-2H3/t7-,8+/m0/s1. The minimum absolute atomic E-state index is 0.509. The Morgan fingerprint density at radius 1 is 1.10 bits per heavy atom. The highest BCUT2D eigenvalue weighted by Crippen LogP contribution is 2.06. The fourth-order valence-corrected chi connectivity index (χ4v) is 0.878. The van der Waals surface area contributed by atoms with Gasteiger partial charge in [-0.05, 0) is 12.8 Å². The number of hydrogen-bond donors (Lipinski definition) is 2. The maximum atomic E-state index is 9.20. The fourth-order valence-electron chi connectivity index (χ4n) is 0.878. The second-order valence-corrected chi connectivity index (χ2v) is 2.69. The summed E-state index contributed by atoms with van der Waals surface area (Å²) in [6.45, 7) is 3.95. The number of hydrogen-bond acceptors (Lipinski definition) is 2. The minimum Gasteiger partial charge on any atom is -0.390 e. The molecular formula is C8H18O2. The van der Waals surface area contributed by atoms with Crippen molar-refractivity contribution >= 4 is 0 Å². The molecule has 0 aromatic rings. The monoisotopic (exact) mass is 146 g/mol. The number of unbranched alkanes of at least 4 members (excludes halogenated alkanes) is 1. The molecule has 0 aliphatic rings. The van der Waals surface area contributed by atoms with Gasteiger partial charge in [0.25, 0.3) is 0 Å². The number of rotatable bonds is 5. The average molecular weight is 146 g/mol. The van der Waals surface area contributed by atoms with Crippen molar-refractivity contribution in [1.82, 2.24) is 0 Å². The van der Waals surface area contributed by atoms with Crippen molar-refractivity contribution in [2.24, 2.45) is 0 Å². The molecule has 2 nitrogen and oxygen atoms in total. The van der Waals surface area contributed by atoms with Crippen molar-refractivity contribution in [2.75, 3.05) is 0 Å². The lowest BCUT2D eigenvalue weighted by Gasteiger charge is -2.14. The van der Waals surface area contributed by atoms with Crippen molar-refractivity contribution in [3.8, 4) is 0 Å². The molecule has 62 valence electrons. The Morgan fingerprint density at radius 2 is 1.70 bits per heavy atom. The lowest BCUT2D eigenvalue weighted by atomic mass is 10.1. The summed E-state index contributed by atoms with van der Waals surface area (Å²) in [5.41, 5.74) is 0. The van der Waals surface area contributed by atoms with E-state index >= 15 is 0 Å². The van der Waals surface area contributed by atoms with E-state index in [0.29, 0.717) is 6.42 Å². The highest BCUT2D eigenvalue weighted by Gasteiger charge is 2.12. The lowest BCUT2D eigenvalue weighted by molar-refractivity contribution is 0.0116. The smallest absolute Gasteiger partial charge is 0.0799 e. The van der Waals surface area contributed by atoms with E-state index in [1.54, 1.807) is 0 Å². The predicted molar refractivity (Wildman–Crippen MR) is 41.8 cm³/mol. The van der Waals surface area contributed by atoms with Gasteiger partial charge in [-0.25, -0.2) is 0 Å². The van der Waals surface area contributed by atoms with Crippen LogP contribution in [0, 0.1) is 0 Å². The molecule has 0 saturated carbocycles. The fraction of sp³-hybridized carbons (Fsp3) is 1.00. The van der Waals surface area contributed by atoms with E-state index in [9.17, 15) is 5.11 Å². The molecule has 0 amide bonds. The largest absolute Gasteiger partial charge is 0.390 e. The van der Waals surface area contributed by atoms with Gasteiger partial charge in [0.2, 0.25) is 0 Å². The third-order valence-corrected chi connectivity index (χ3v) is 1.72. The summed E-state index contributed by atoms with van der Waals surface area (Å²) in [7, 11) is 0. The van der Waals surface area contributed by atoms with Crippen LogP contribution in [-0.4, -0.2) is 22.4 Å². The summed E-state index contributed by atoms with van der Waals surface area (Å²) in [6, 6.07) is 0. The first-order valence-electron chi connectivity index (χ1n) is 4.08. The molecule has 10 heavy (non-hydrogen) atoms. The Balaban J connectivity index is 3.31. The quantitative estimate of drug-likeness (QED) is 0.614. The van der Waals surface area contributed by atoms with Gasteiger partial charge < -0.3 is 10.2 Å². The summed E-state index contributed by atoms with van der Waals surface area (Å²) in [5, 5.41) is 18.3. The van der Waals surface area contributed by atoms with Crippen LogP contribution in [-0.2, 0) is 0 Å². The summed E-state index contributed by atoms with van der Waals surface area (Å²) >= 11 is 0. The van der Waals surface area contributed by atoms with Gasteiger partial charge in [0.1, 0.15) is 0 Å². The third kappa shape index (κ3) is 3.85. The summed E-state index contributed by atoms with van der Waals surface area (Å²) in [6.07, 6.45) is 2.42. The van der Waals surface area contributed by atoms with E-state index in [2.05, 4.69) is 6.92 Å². The van der Waals surface area contributed by atoms with Gasteiger partial charge in [-0.3, -0.25) is 0 Å². The molecule has 0 bridgehead atoms. The average Bonchev–Trinajstić information content (AvgIpc) is 1.98. The van der Waals surface area contributed by atoms with Gasteiger partial charge in [-0.15, -0.1) is 0 Å². The molecular weight excluding hydrogens is 128 g/mol. The zero-order valence-corrected chi connectivity index (χ0v) is 6.88. The summed E-state index contributed by atoms with van der Waals surface area (Å²) in [4.78, 5) is 0. The highest BCUT2D eigenvalue weighted by atomic mass is 16.3. The second kappa shape index (κ2) is 5.69. The molecule has 0 rings (SSSR count). The van der Waals surface area contributed by atoms with Gasteiger partial charge in [0, 0.05) is 0 Å². The van der Waals surface area contributed by atoms with Crippen LogP contribution in [0.25, 0.3) is 0 Å². The third-order valence-electron chi connectivity index (χ3n) is 1.72. The van der Waals surface area contributed by atoms with Gasteiger partial charge >= 0.3 is 0 Å². The van der Waals surface area contributed by atoms with Crippen LogP contribution in [0.1, 0.15) is 39.5 Å². The highest BCUT2D eigenvalue weighted by molar-refractivity contribution is 4.64. The molecule has 0 spiro atoms. The van der Waals surface area contributed by atoms with Gasteiger partial charge in [0.15, 0.2) is 0 Å². The SMILES string of the molecule is CCCC[C@@H](O)[C@@H](O)CC. The molecule has 0 aliphatic carbocycles. The topological polar surface area (TPSA) is 40.5 Å². The Bertz CT molecular complexity index is 73.7. The van der Waals surface area contributed by atoms with Gasteiger partial charge in [-0.2, -0.15) is 0 Å². The Labute approximate surface area is 62.9 Å². The first-order chi connectivity index (χ1) is 4.72. The molecule has 0 aliphatic heterocycles. The van der Waals surface area contributed by atoms with E-state index < -0.39 is 12.2 Å². The summed E-state index contributed by atoms with van der Waals surface area (Å²) < 4.78 is 0. The van der Waals surface area contributed by atoms with E-state index in [1.807, 2.05) is 6.92 Å².